The molecule has 1 saturated carbocycles. The fourth-order valence-electron chi connectivity index (χ4n) is 4.86. The lowest BCUT2D eigenvalue weighted by Gasteiger charge is -2.34. The minimum Gasteiger partial charge on any atom is -0.490 e. The first-order valence-electron chi connectivity index (χ1n) is 12.1. The van der Waals surface area contributed by atoms with E-state index in [1.165, 1.54) is 50.5 Å². The molecule has 0 radical (unpaired) electrons. The number of hydrogen-bond acceptors (Lipinski definition) is 3. The Morgan fingerprint density at radius 1 is 1.03 bits per heavy atom. The highest BCUT2D eigenvalue weighted by atomic mass is 79.9. The maximum Gasteiger partial charge on any atom is 0.410 e. The first-order valence-corrected chi connectivity index (χ1v) is 12.9. The quantitative estimate of drug-likeness (QED) is 0.411. The third-order valence-corrected chi connectivity index (χ3v) is 7.66. The normalized spacial score (nSPS) is 22.9. The number of amides is 1. The van der Waals surface area contributed by atoms with Gasteiger partial charge in [0.05, 0.1) is 6.10 Å². The monoisotopic (exact) mass is 493 g/mol. The number of piperidine rings is 1. The molecule has 1 aromatic rings. The molecule has 3 rings (SSSR count). The zero-order valence-electron chi connectivity index (χ0n) is 19.8. The van der Waals surface area contributed by atoms with Crippen LogP contribution in [0.15, 0.2) is 22.7 Å². The molecule has 0 atom stereocenters. The number of likely N-dealkylation sites (tertiary alicyclic amines) is 1. The van der Waals surface area contributed by atoms with Crippen molar-refractivity contribution in [3.05, 3.63) is 28.2 Å². The first-order chi connectivity index (χ1) is 14.7. The summed E-state index contributed by atoms with van der Waals surface area (Å²) in [7, 11) is 0. The maximum atomic E-state index is 12.2. The van der Waals surface area contributed by atoms with Crippen LogP contribution < -0.4 is 4.74 Å². The van der Waals surface area contributed by atoms with Gasteiger partial charge in [-0.2, -0.15) is 0 Å². The fourth-order valence-corrected chi connectivity index (χ4v) is 5.21. The van der Waals surface area contributed by atoms with Gasteiger partial charge in [-0.15, -0.1) is 0 Å². The Balaban J connectivity index is 1.30. The summed E-state index contributed by atoms with van der Waals surface area (Å²) in [4.78, 5) is 14.1. The molecular formula is C26H40BrNO3. The van der Waals surface area contributed by atoms with Crippen LogP contribution in [0.2, 0.25) is 0 Å². The van der Waals surface area contributed by atoms with Crippen LogP contribution in [0.3, 0.4) is 0 Å². The second-order valence-corrected chi connectivity index (χ2v) is 11.3. The standard InChI is InChI=1S/C26H40BrNO3/c1-19-23(27)9-6-10-24(19)30-22-13-11-20(12-14-22)7-5-8-21-15-17-28(18-16-21)25(29)31-26(2,3)4/h6,9-10,20-22H,5,7-8,11-18H2,1-4H3. The van der Waals surface area contributed by atoms with Gasteiger partial charge >= 0.3 is 6.09 Å². The molecule has 0 aromatic heterocycles. The Labute approximate surface area is 197 Å². The summed E-state index contributed by atoms with van der Waals surface area (Å²) < 4.78 is 12.9. The summed E-state index contributed by atoms with van der Waals surface area (Å²) in [6.07, 6.45) is 11.3. The molecule has 1 aliphatic heterocycles. The third-order valence-electron chi connectivity index (χ3n) is 6.80. The van der Waals surface area contributed by atoms with E-state index < -0.39 is 5.60 Å². The molecule has 4 nitrogen and oxygen atoms in total. The smallest absolute Gasteiger partial charge is 0.410 e. The second kappa shape index (κ2) is 11.1. The molecule has 31 heavy (non-hydrogen) atoms. The van der Waals surface area contributed by atoms with E-state index in [0.717, 1.165) is 48.0 Å². The van der Waals surface area contributed by atoms with Crippen LogP contribution in [0.25, 0.3) is 0 Å². The van der Waals surface area contributed by atoms with Gasteiger partial charge in [0.2, 0.25) is 0 Å². The number of nitrogens with zero attached hydrogens (tertiary/aromatic N) is 1. The van der Waals surface area contributed by atoms with Gasteiger partial charge < -0.3 is 14.4 Å². The minimum absolute atomic E-state index is 0.150. The number of carbonyl (C=O) groups is 1. The number of benzene rings is 1. The van der Waals surface area contributed by atoms with Crippen LogP contribution in [0.1, 0.15) is 84.1 Å². The Kier molecular flexibility index (Phi) is 8.72. The summed E-state index contributed by atoms with van der Waals surface area (Å²) in [6.45, 7) is 9.59. The lowest BCUT2D eigenvalue weighted by atomic mass is 9.82. The topological polar surface area (TPSA) is 38.8 Å². The predicted octanol–water partition coefficient (Wildman–Crippen LogP) is 7.51. The molecule has 0 bridgehead atoms. The summed E-state index contributed by atoms with van der Waals surface area (Å²) in [5.41, 5.74) is 0.789. The summed E-state index contributed by atoms with van der Waals surface area (Å²) in [5.74, 6) is 2.64. The van der Waals surface area contributed by atoms with Gasteiger partial charge in [0.1, 0.15) is 11.4 Å². The van der Waals surface area contributed by atoms with Gasteiger partial charge in [0.15, 0.2) is 0 Å². The Hall–Kier alpha value is -1.23. The van der Waals surface area contributed by atoms with Crippen molar-refractivity contribution in [2.75, 3.05) is 13.1 Å². The average Bonchev–Trinajstić information content (AvgIpc) is 2.72. The molecule has 1 aromatic carbocycles. The zero-order chi connectivity index (χ0) is 22.4. The summed E-state index contributed by atoms with van der Waals surface area (Å²) in [5, 5.41) is 0. The SMILES string of the molecule is Cc1c(Br)cccc1OC1CCC(CCCC2CCN(C(=O)OC(C)(C)C)CC2)CC1. The summed E-state index contributed by atoms with van der Waals surface area (Å²) >= 11 is 3.60. The molecule has 1 saturated heterocycles. The van der Waals surface area contributed by atoms with Gasteiger partial charge in [-0.05, 0) is 90.2 Å². The van der Waals surface area contributed by atoms with Crippen LogP contribution in [0.4, 0.5) is 4.79 Å². The molecule has 174 valence electrons. The average molecular weight is 495 g/mol. The minimum atomic E-state index is -0.408. The van der Waals surface area contributed by atoms with Gasteiger partial charge in [-0.1, -0.05) is 41.3 Å². The highest BCUT2D eigenvalue weighted by Crippen LogP contribution is 2.34. The molecule has 1 aliphatic carbocycles. The predicted molar refractivity (Wildman–Crippen MR) is 130 cm³/mol. The molecule has 2 fully saturated rings. The molecule has 5 heteroatoms. The largest absolute Gasteiger partial charge is 0.490 e. The Morgan fingerprint density at radius 2 is 1.65 bits per heavy atom. The maximum absolute atomic E-state index is 12.2. The van der Waals surface area contributed by atoms with Crippen molar-refractivity contribution in [2.45, 2.75) is 97.2 Å². The number of hydrogen-bond donors (Lipinski definition) is 0. The van der Waals surface area contributed by atoms with Crippen molar-refractivity contribution in [3.63, 3.8) is 0 Å². The molecular weight excluding hydrogens is 454 g/mol. The number of ether oxygens (including phenoxy) is 2. The van der Waals surface area contributed by atoms with Crippen molar-refractivity contribution < 1.29 is 14.3 Å². The Bertz CT molecular complexity index is 714. The lowest BCUT2D eigenvalue weighted by Crippen LogP contribution is -2.41. The number of rotatable bonds is 6. The molecule has 2 aliphatic rings. The van der Waals surface area contributed by atoms with Crippen molar-refractivity contribution >= 4 is 22.0 Å². The van der Waals surface area contributed by atoms with Crippen LogP contribution in [-0.4, -0.2) is 35.8 Å². The highest BCUT2D eigenvalue weighted by molar-refractivity contribution is 9.10. The van der Waals surface area contributed by atoms with E-state index in [2.05, 4.69) is 41.1 Å². The van der Waals surface area contributed by atoms with Crippen LogP contribution in [-0.2, 0) is 4.74 Å². The van der Waals surface area contributed by atoms with Gasteiger partial charge in [0.25, 0.3) is 0 Å². The van der Waals surface area contributed by atoms with E-state index in [0.29, 0.717) is 6.10 Å². The van der Waals surface area contributed by atoms with E-state index in [1.807, 2.05) is 25.7 Å². The highest BCUT2D eigenvalue weighted by Gasteiger charge is 2.27. The van der Waals surface area contributed by atoms with E-state index in [4.69, 9.17) is 9.47 Å². The zero-order valence-corrected chi connectivity index (χ0v) is 21.4. The molecule has 0 spiro atoms. The van der Waals surface area contributed by atoms with Gasteiger partial charge in [-0.3, -0.25) is 0 Å². The van der Waals surface area contributed by atoms with E-state index in [9.17, 15) is 4.79 Å². The van der Waals surface area contributed by atoms with E-state index >= 15 is 0 Å². The Morgan fingerprint density at radius 3 is 2.26 bits per heavy atom. The fraction of sp³-hybridized carbons (Fsp3) is 0.731. The third kappa shape index (κ3) is 7.69. The molecule has 0 unspecified atom stereocenters. The first kappa shape index (κ1) is 24.4. The van der Waals surface area contributed by atoms with Crippen LogP contribution in [0, 0.1) is 18.8 Å². The molecule has 1 heterocycles. The van der Waals surface area contributed by atoms with E-state index in [-0.39, 0.29) is 6.09 Å². The van der Waals surface area contributed by atoms with Crippen molar-refractivity contribution in [3.8, 4) is 5.75 Å². The van der Waals surface area contributed by atoms with Crippen LogP contribution in [0.5, 0.6) is 5.75 Å². The van der Waals surface area contributed by atoms with Crippen molar-refractivity contribution in [1.82, 2.24) is 4.90 Å². The number of carbonyl (C=O) groups excluding carboxylic acids is 1. The van der Waals surface area contributed by atoms with Crippen molar-refractivity contribution in [2.24, 2.45) is 11.8 Å². The second-order valence-electron chi connectivity index (χ2n) is 10.5. The number of halogens is 1. The summed E-state index contributed by atoms with van der Waals surface area (Å²) in [6, 6.07) is 6.21. The van der Waals surface area contributed by atoms with Crippen LogP contribution >= 0.6 is 15.9 Å². The van der Waals surface area contributed by atoms with Gasteiger partial charge in [0, 0.05) is 23.1 Å². The van der Waals surface area contributed by atoms with Gasteiger partial charge in [-0.25, -0.2) is 4.79 Å². The van der Waals surface area contributed by atoms with Crippen molar-refractivity contribution in [1.29, 1.82) is 0 Å². The lowest BCUT2D eigenvalue weighted by molar-refractivity contribution is 0.0179. The molecule has 1 amide bonds. The molecule has 0 N–H and O–H groups in total. The van der Waals surface area contributed by atoms with E-state index in [1.54, 1.807) is 0 Å².